The van der Waals surface area contributed by atoms with Crippen LogP contribution in [0.4, 0.5) is 0 Å². The molecule has 1 aromatic carbocycles. The molecule has 1 aromatic rings. The van der Waals surface area contributed by atoms with E-state index in [1.807, 2.05) is 13.0 Å². The minimum absolute atomic E-state index is 0.122. The number of halogens is 1. The Bertz CT molecular complexity index is 590. The van der Waals surface area contributed by atoms with Crippen LogP contribution >= 0.6 is 15.9 Å². The highest BCUT2D eigenvalue weighted by atomic mass is 79.9. The van der Waals surface area contributed by atoms with E-state index in [1.165, 1.54) is 4.90 Å². The molecule has 0 saturated carbocycles. The van der Waals surface area contributed by atoms with Crippen LogP contribution in [0.25, 0.3) is 0 Å². The van der Waals surface area contributed by atoms with E-state index in [4.69, 9.17) is 0 Å². The molecule has 0 bridgehead atoms. The summed E-state index contributed by atoms with van der Waals surface area (Å²) in [7, 11) is 0. The Morgan fingerprint density at radius 3 is 2.55 bits per heavy atom. The summed E-state index contributed by atoms with van der Waals surface area (Å²) in [5, 5.41) is 2.25. The van der Waals surface area contributed by atoms with E-state index in [0.717, 1.165) is 10.0 Å². The number of hydrogen-bond acceptors (Lipinski definition) is 3. The van der Waals surface area contributed by atoms with Crippen molar-refractivity contribution in [2.24, 2.45) is 0 Å². The molecule has 20 heavy (non-hydrogen) atoms. The van der Waals surface area contributed by atoms with E-state index in [0.29, 0.717) is 5.56 Å². The summed E-state index contributed by atoms with van der Waals surface area (Å²) in [6.45, 7) is 5.00. The SMILES string of the molecule is Cc1cc(Br)cc(C(=O)N2CC(=O)NC(=O)C2(C)C)c1. The molecule has 0 aromatic heterocycles. The average molecular weight is 339 g/mol. The highest BCUT2D eigenvalue weighted by molar-refractivity contribution is 9.10. The third-order valence-corrected chi connectivity index (χ3v) is 3.78. The van der Waals surface area contributed by atoms with Crippen molar-refractivity contribution >= 4 is 33.7 Å². The van der Waals surface area contributed by atoms with E-state index in [2.05, 4.69) is 21.2 Å². The highest BCUT2D eigenvalue weighted by Gasteiger charge is 2.43. The Hall–Kier alpha value is -1.69. The molecule has 1 aliphatic heterocycles. The number of carbonyl (C=O) groups is 3. The number of benzene rings is 1. The number of imide groups is 1. The van der Waals surface area contributed by atoms with Gasteiger partial charge in [-0.25, -0.2) is 0 Å². The predicted molar refractivity (Wildman–Crippen MR) is 77.1 cm³/mol. The first kappa shape index (κ1) is 14.7. The second kappa shape index (κ2) is 5.01. The van der Waals surface area contributed by atoms with Crippen molar-refractivity contribution in [3.05, 3.63) is 33.8 Å². The zero-order valence-corrected chi connectivity index (χ0v) is 13.1. The molecule has 5 nitrogen and oxygen atoms in total. The summed E-state index contributed by atoms with van der Waals surface area (Å²) in [5.74, 6) is -1.26. The first-order valence-corrected chi connectivity index (χ1v) is 6.94. The summed E-state index contributed by atoms with van der Waals surface area (Å²) in [5.41, 5.74) is 0.321. The number of piperazine rings is 1. The Morgan fingerprint density at radius 1 is 1.30 bits per heavy atom. The molecule has 1 fully saturated rings. The van der Waals surface area contributed by atoms with Crippen molar-refractivity contribution in [3.63, 3.8) is 0 Å². The average Bonchev–Trinajstić information content (AvgIpc) is 2.32. The van der Waals surface area contributed by atoms with Gasteiger partial charge in [-0.2, -0.15) is 0 Å². The quantitative estimate of drug-likeness (QED) is 0.791. The van der Waals surface area contributed by atoms with Gasteiger partial charge in [-0.1, -0.05) is 15.9 Å². The molecular weight excluding hydrogens is 324 g/mol. The molecule has 0 aliphatic carbocycles. The van der Waals surface area contributed by atoms with Crippen molar-refractivity contribution in [2.75, 3.05) is 6.54 Å². The minimum atomic E-state index is -1.05. The molecule has 1 N–H and O–H groups in total. The van der Waals surface area contributed by atoms with Crippen molar-refractivity contribution < 1.29 is 14.4 Å². The third kappa shape index (κ3) is 2.60. The second-order valence-electron chi connectivity index (χ2n) is 5.34. The van der Waals surface area contributed by atoms with Crippen LogP contribution < -0.4 is 5.32 Å². The second-order valence-corrected chi connectivity index (χ2v) is 6.26. The van der Waals surface area contributed by atoms with Crippen molar-refractivity contribution in [1.82, 2.24) is 10.2 Å². The van der Waals surface area contributed by atoms with Crippen molar-refractivity contribution in [1.29, 1.82) is 0 Å². The lowest BCUT2D eigenvalue weighted by atomic mass is 9.97. The molecule has 0 unspecified atom stereocenters. The predicted octanol–water partition coefficient (Wildman–Crippen LogP) is 1.63. The summed E-state index contributed by atoms with van der Waals surface area (Å²) in [6, 6.07) is 5.30. The molecule has 6 heteroatoms. The van der Waals surface area contributed by atoms with Gasteiger partial charge in [0.15, 0.2) is 0 Å². The van der Waals surface area contributed by atoms with Crippen LogP contribution in [0.2, 0.25) is 0 Å². The van der Waals surface area contributed by atoms with Gasteiger partial charge in [0.25, 0.3) is 11.8 Å². The van der Waals surface area contributed by atoms with E-state index >= 15 is 0 Å². The van der Waals surface area contributed by atoms with Crippen LogP contribution in [-0.4, -0.2) is 34.7 Å². The Balaban J connectivity index is 2.40. The monoisotopic (exact) mass is 338 g/mol. The summed E-state index contributed by atoms with van der Waals surface area (Å²) >= 11 is 3.34. The van der Waals surface area contributed by atoms with Crippen molar-refractivity contribution in [3.8, 4) is 0 Å². The lowest BCUT2D eigenvalue weighted by Crippen LogP contribution is -2.65. The van der Waals surface area contributed by atoms with Crippen LogP contribution in [0.15, 0.2) is 22.7 Å². The van der Waals surface area contributed by atoms with Gasteiger partial charge in [0, 0.05) is 10.0 Å². The Kier molecular flexibility index (Phi) is 3.69. The maximum absolute atomic E-state index is 12.6. The Morgan fingerprint density at radius 2 is 1.95 bits per heavy atom. The summed E-state index contributed by atoms with van der Waals surface area (Å²) in [4.78, 5) is 37.3. The van der Waals surface area contributed by atoms with Crippen LogP contribution in [0, 0.1) is 6.92 Å². The molecular formula is C14H15BrN2O3. The van der Waals surface area contributed by atoms with E-state index in [9.17, 15) is 14.4 Å². The van der Waals surface area contributed by atoms with Gasteiger partial charge < -0.3 is 4.90 Å². The number of aryl methyl sites for hydroxylation is 1. The van der Waals surface area contributed by atoms with E-state index in [-0.39, 0.29) is 12.5 Å². The zero-order valence-electron chi connectivity index (χ0n) is 11.5. The smallest absolute Gasteiger partial charge is 0.255 e. The maximum Gasteiger partial charge on any atom is 0.255 e. The fourth-order valence-corrected chi connectivity index (χ4v) is 2.73. The topological polar surface area (TPSA) is 66.5 Å². The molecule has 0 radical (unpaired) electrons. The molecule has 1 saturated heterocycles. The molecule has 0 spiro atoms. The Labute approximate surface area is 125 Å². The highest BCUT2D eigenvalue weighted by Crippen LogP contribution is 2.23. The van der Waals surface area contributed by atoms with Gasteiger partial charge in [-0.05, 0) is 44.5 Å². The fourth-order valence-electron chi connectivity index (χ4n) is 2.12. The van der Waals surface area contributed by atoms with Gasteiger partial charge in [-0.3, -0.25) is 19.7 Å². The third-order valence-electron chi connectivity index (χ3n) is 3.32. The molecule has 1 aliphatic rings. The molecule has 1 heterocycles. The standard InChI is InChI=1S/C14H15BrN2O3/c1-8-4-9(6-10(15)5-8)12(19)17-7-11(18)16-13(20)14(17,2)3/h4-6H,7H2,1-3H3,(H,16,18,20). The minimum Gasteiger partial charge on any atom is -0.315 e. The molecule has 3 amide bonds. The largest absolute Gasteiger partial charge is 0.315 e. The number of nitrogens with one attached hydrogen (secondary N) is 1. The van der Waals surface area contributed by atoms with Crippen molar-refractivity contribution in [2.45, 2.75) is 26.3 Å². The van der Waals surface area contributed by atoms with Gasteiger partial charge in [0.05, 0.1) is 0 Å². The summed E-state index contributed by atoms with van der Waals surface area (Å²) in [6.07, 6.45) is 0. The van der Waals surface area contributed by atoms with E-state index < -0.39 is 17.4 Å². The number of amides is 3. The van der Waals surface area contributed by atoms with Gasteiger partial charge in [-0.15, -0.1) is 0 Å². The number of rotatable bonds is 1. The molecule has 2 rings (SSSR count). The van der Waals surface area contributed by atoms with E-state index in [1.54, 1.807) is 26.0 Å². The molecule has 0 atom stereocenters. The van der Waals surface area contributed by atoms with Crippen LogP contribution in [0.5, 0.6) is 0 Å². The molecule has 106 valence electrons. The lowest BCUT2D eigenvalue weighted by Gasteiger charge is -2.40. The number of nitrogens with zero attached hydrogens (tertiary/aromatic N) is 1. The van der Waals surface area contributed by atoms with Gasteiger partial charge in [0.1, 0.15) is 12.1 Å². The van der Waals surface area contributed by atoms with Crippen LogP contribution in [0.3, 0.4) is 0 Å². The summed E-state index contributed by atoms with van der Waals surface area (Å²) < 4.78 is 0.784. The van der Waals surface area contributed by atoms with Crippen LogP contribution in [0.1, 0.15) is 29.8 Å². The van der Waals surface area contributed by atoms with Gasteiger partial charge >= 0.3 is 0 Å². The normalized spacial score (nSPS) is 17.9. The fraction of sp³-hybridized carbons (Fsp3) is 0.357. The lowest BCUT2D eigenvalue weighted by molar-refractivity contribution is -0.143. The number of carbonyl (C=O) groups excluding carboxylic acids is 3. The maximum atomic E-state index is 12.6. The van der Waals surface area contributed by atoms with Gasteiger partial charge in [0.2, 0.25) is 5.91 Å². The first-order valence-electron chi connectivity index (χ1n) is 6.15. The number of hydrogen-bond donors (Lipinski definition) is 1. The first-order chi connectivity index (χ1) is 9.21. The zero-order chi connectivity index (χ0) is 15.1. The van der Waals surface area contributed by atoms with Crippen LogP contribution in [-0.2, 0) is 9.59 Å².